The lowest BCUT2D eigenvalue weighted by Gasteiger charge is -2.19. The summed E-state index contributed by atoms with van der Waals surface area (Å²) in [5, 5.41) is 25.3. The van der Waals surface area contributed by atoms with Gasteiger partial charge in [-0.05, 0) is 36.8 Å². The van der Waals surface area contributed by atoms with Gasteiger partial charge in [0.05, 0.1) is 19.6 Å². The van der Waals surface area contributed by atoms with Gasteiger partial charge in [0.15, 0.2) is 17.3 Å². The first-order valence-electron chi connectivity index (χ1n) is 9.96. The average Bonchev–Trinajstić information content (AvgIpc) is 2.80. The van der Waals surface area contributed by atoms with Gasteiger partial charge in [-0.1, -0.05) is 12.1 Å². The number of hydrogen-bond donors (Lipinski definition) is 4. The average molecular weight is 453 g/mol. The zero-order valence-electron chi connectivity index (χ0n) is 18.0. The van der Waals surface area contributed by atoms with Crippen LogP contribution >= 0.6 is 0 Å². The van der Waals surface area contributed by atoms with E-state index in [-0.39, 0.29) is 36.0 Å². The number of benzene rings is 1. The molecular weight excluding hydrogens is 430 g/mol. The molecule has 0 saturated heterocycles. The number of rotatable bonds is 8. The first-order valence-corrected chi connectivity index (χ1v) is 9.96. The SMILES string of the molecule is COc1cc(C(CC(=O)NCC(=O)Nc2ccccn2)c2oc(C)cc(=O)c2O)ccc1O. The Balaban J connectivity index is 1.82. The minimum Gasteiger partial charge on any atom is -0.504 e. The Morgan fingerprint density at radius 1 is 1.15 bits per heavy atom. The normalized spacial score (nSPS) is 11.5. The minimum atomic E-state index is -0.897. The van der Waals surface area contributed by atoms with E-state index in [2.05, 4.69) is 15.6 Å². The standard InChI is InChI=1S/C23H23N3O7/c1-13-9-17(28)22(31)23(33-13)15(14-6-7-16(27)18(10-14)32-2)11-20(29)25-12-21(30)26-19-5-3-4-8-24-19/h3-10,15,27,31H,11-12H2,1-2H3,(H,25,29)(H,24,26,30). The summed E-state index contributed by atoms with van der Waals surface area (Å²) in [5.41, 5.74) is -0.207. The summed E-state index contributed by atoms with van der Waals surface area (Å²) in [6.45, 7) is 1.23. The number of phenols is 1. The van der Waals surface area contributed by atoms with E-state index in [0.717, 1.165) is 6.07 Å². The third kappa shape index (κ3) is 5.88. The number of aromatic hydroxyl groups is 2. The van der Waals surface area contributed by atoms with Gasteiger partial charge in [0.2, 0.25) is 23.0 Å². The number of nitrogens with one attached hydrogen (secondary N) is 2. The number of anilines is 1. The largest absolute Gasteiger partial charge is 0.504 e. The quantitative estimate of drug-likeness (QED) is 0.405. The van der Waals surface area contributed by atoms with Crippen LogP contribution in [0.5, 0.6) is 17.2 Å². The molecule has 10 nitrogen and oxygen atoms in total. The molecule has 0 radical (unpaired) electrons. The summed E-state index contributed by atoms with van der Waals surface area (Å²) in [7, 11) is 1.37. The molecule has 0 aliphatic rings. The van der Waals surface area contributed by atoms with E-state index in [1.165, 1.54) is 31.5 Å². The van der Waals surface area contributed by atoms with Crippen LogP contribution in [0.4, 0.5) is 5.82 Å². The molecule has 10 heteroatoms. The molecule has 0 aliphatic heterocycles. The molecule has 0 fully saturated rings. The van der Waals surface area contributed by atoms with Gasteiger partial charge in [-0.25, -0.2) is 4.98 Å². The second-order valence-corrected chi connectivity index (χ2v) is 7.16. The van der Waals surface area contributed by atoms with Crippen molar-refractivity contribution in [2.45, 2.75) is 19.3 Å². The number of amides is 2. The van der Waals surface area contributed by atoms with Gasteiger partial charge >= 0.3 is 0 Å². The molecule has 172 valence electrons. The maximum absolute atomic E-state index is 12.7. The molecule has 2 heterocycles. The summed E-state index contributed by atoms with van der Waals surface area (Å²) >= 11 is 0. The van der Waals surface area contributed by atoms with Crippen molar-refractivity contribution < 1.29 is 29.0 Å². The molecule has 0 spiro atoms. The summed E-state index contributed by atoms with van der Waals surface area (Å²) < 4.78 is 10.7. The first-order chi connectivity index (χ1) is 15.8. The topological polar surface area (TPSA) is 151 Å². The Morgan fingerprint density at radius 3 is 2.64 bits per heavy atom. The van der Waals surface area contributed by atoms with E-state index < -0.39 is 28.9 Å². The molecule has 2 amide bonds. The van der Waals surface area contributed by atoms with E-state index in [9.17, 15) is 24.6 Å². The lowest BCUT2D eigenvalue weighted by atomic mass is 9.91. The second-order valence-electron chi connectivity index (χ2n) is 7.16. The van der Waals surface area contributed by atoms with Crippen LogP contribution in [0.1, 0.15) is 29.4 Å². The third-order valence-electron chi connectivity index (χ3n) is 4.76. The van der Waals surface area contributed by atoms with Gasteiger partial charge in [0.1, 0.15) is 11.6 Å². The van der Waals surface area contributed by atoms with Crippen molar-refractivity contribution in [2.24, 2.45) is 0 Å². The highest BCUT2D eigenvalue weighted by Gasteiger charge is 2.27. The highest BCUT2D eigenvalue weighted by Crippen LogP contribution is 2.37. The Kier molecular flexibility index (Phi) is 7.29. The van der Waals surface area contributed by atoms with Crippen molar-refractivity contribution in [1.29, 1.82) is 0 Å². The van der Waals surface area contributed by atoms with Gasteiger partial charge in [0, 0.05) is 18.7 Å². The highest BCUT2D eigenvalue weighted by molar-refractivity contribution is 5.93. The Labute approximate surface area is 188 Å². The molecule has 0 aliphatic carbocycles. The Morgan fingerprint density at radius 2 is 1.94 bits per heavy atom. The fourth-order valence-corrected chi connectivity index (χ4v) is 3.19. The van der Waals surface area contributed by atoms with Crippen LogP contribution in [0.15, 0.2) is 57.9 Å². The molecule has 0 bridgehead atoms. The van der Waals surface area contributed by atoms with E-state index in [1.54, 1.807) is 25.1 Å². The molecular formula is C23H23N3O7. The molecule has 4 N–H and O–H groups in total. The van der Waals surface area contributed by atoms with Crippen molar-refractivity contribution in [3.05, 3.63) is 76.0 Å². The van der Waals surface area contributed by atoms with Gasteiger partial charge in [-0.3, -0.25) is 14.4 Å². The molecule has 2 aromatic heterocycles. The fraction of sp³-hybridized carbons (Fsp3) is 0.217. The van der Waals surface area contributed by atoms with Crippen LogP contribution < -0.4 is 20.8 Å². The number of pyridine rings is 1. The van der Waals surface area contributed by atoms with E-state index in [4.69, 9.17) is 9.15 Å². The smallest absolute Gasteiger partial charge is 0.244 e. The maximum Gasteiger partial charge on any atom is 0.244 e. The minimum absolute atomic E-state index is 0.110. The van der Waals surface area contributed by atoms with Gasteiger partial charge in [0.25, 0.3) is 0 Å². The van der Waals surface area contributed by atoms with Gasteiger partial charge < -0.3 is 30.0 Å². The van der Waals surface area contributed by atoms with Crippen molar-refractivity contribution >= 4 is 17.6 Å². The lowest BCUT2D eigenvalue weighted by Crippen LogP contribution is -2.34. The number of carbonyl (C=O) groups excluding carboxylic acids is 2. The van der Waals surface area contributed by atoms with E-state index >= 15 is 0 Å². The molecule has 1 atom stereocenters. The number of aromatic nitrogens is 1. The second kappa shape index (κ2) is 10.3. The summed E-state index contributed by atoms with van der Waals surface area (Å²) in [5.74, 6) is -2.03. The molecule has 1 aromatic carbocycles. The monoisotopic (exact) mass is 453 g/mol. The zero-order chi connectivity index (χ0) is 24.0. The number of phenolic OH excluding ortho intramolecular Hbond substituents is 1. The molecule has 33 heavy (non-hydrogen) atoms. The number of hydrogen-bond acceptors (Lipinski definition) is 8. The summed E-state index contributed by atoms with van der Waals surface area (Å²) in [6.07, 6.45) is 1.26. The van der Waals surface area contributed by atoms with Gasteiger partial charge in [-0.15, -0.1) is 0 Å². The molecule has 3 aromatic rings. The Bertz CT molecular complexity index is 1210. The zero-order valence-corrected chi connectivity index (χ0v) is 18.0. The summed E-state index contributed by atoms with van der Waals surface area (Å²) in [4.78, 5) is 40.9. The van der Waals surface area contributed by atoms with Crippen LogP contribution in [0.3, 0.4) is 0 Å². The van der Waals surface area contributed by atoms with Crippen LogP contribution in [-0.2, 0) is 9.59 Å². The van der Waals surface area contributed by atoms with Gasteiger partial charge in [-0.2, -0.15) is 0 Å². The van der Waals surface area contributed by atoms with Crippen LogP contribution in [-0.4, -0.2) is 40.7 Å². The van der Waals surface area contributed by atoms with Crippen LogP contribution in [0.25, 0.3) is 0 Å². The predicted octanol–water partition coefficient (Wildman–Crippen LogP) is 2.04. The van der Waals surface area contributed by atoms with Crippen molar-refractivity contribution in [3.63, 3.8) is 0 Å². The molecule has 3 rings (SSSR count). The number of ether oxygens (including phenoxy) is 1. The van der Waals surface area contributed by atoms with Crippen molar-refractivity contribution in [2.75, 3.05) is 19.0 Å². The highest BCUT2D eigenvalue weighted by atomic mass is 16.5. The van der Waals surface area contributed by atoms with Crippen LogP contribution in [0, 0.1) is 6.92 Å². The number of nitrogens with zero attached hydrogens (tertiary/aromatic N) is 1. The van der Waals surface area contributed by atoms with Crippen molar-refractivity contribution in [1.82, 2.24) is 10.3 Å². The predicted molar refractivity (Wildman–Crippen MR) is 118 cm³/mol. The van der Waals surface area contributed by atoms with Crippen molar-refractivity contribution in [3.8, 4) is 17.2 Å². The summed E-state index contributed by atoms with van der Waals surface area (Å²) in [6, 6.07) is 10.5. The Hall–Kier alpha value is -4.34. The first kappa shape index (κ1) is 23.3. The number of carbonyl (C=O) groups is 2. The third-order valence-corrected chi connectivity index (χ3v) is 4.76. The number of methoxy groups -OCH3 is 1. The number of aryl methyl sites for hydroxylation is 1. The molecule has 0 saturated carbocycles. The fourth-order valence-electron chi connectivity index (χ4n) is 3.19. The van der Waals surface area contributed by atoms with E-state index in [0.29, 0.717) is 11.4 Å². The molecule has 1 unspecified atom stereocenters. The maximum atomic E-state index is 12.7. The van der Waals surface area contributed by atoms with Crippen LogP contribution in [0.2, 0.25) is 0 Å². The lowest BCUT2D eigenvalue weighted by molar-refractivity contribution is -0.124. The van der Waals surface area contributed by atoms with E-state index in [1.807, 2.05) is 0 Å².